The lowest BCUT2D eigenvalue weighted by Crippen LogP contribution is -2.17. The number of thioether (sulfide) groups is 1. The summed E-state index contributed by atoms with van der Waals surface area (Å²) in [6, 6.07) is 0. The topological polar surface area (TPSA) is 44.0 Å². The highest BCUT2D eigenvalue weighted by Crippen LogP contribution is 2.29. The molecule has 2 unspecified atom stereocenters. The Kier molecular flexibility index (Phi) is 9.46. The fourth-order valence-corrected chi connectivity index (χ4v) is 4.24. The van der Waals surface area contributed by atoms with Gasteiger partial charge in [-0.3, -0.25) is 0 Å². The van der Waals surface area contributed by atoms with Gasteiger partial charge in [0.05, 0.1) is 6.10 Å². The van der Waals surface area contributed by atoms with E-state index >= 15 is 0 Å². The summed E-state index contributed by atoms with van der Waals surface area (Å²) in [6.07, 6.45) is 10.8. The van der Waals surface area contributed by atoms with Gasteiger partial charge in [-0.1, -0.05) is 37.5 Å². The number of aliphatic hydroxyl groups is 1. The van der Waals surface area contributed by atoms with E-state index in [0.29, 0.717) is 28.9 Å². The summed E-state index contributed by atoms with van der Waals surface area (Å²) in [5.74, 6) is 16.0. The van der Waals surface area contributed by atoms with Crippen LogP contribution in [0.1, 0.15) is 78.1 Å². The van der Waals surface area contributed by atoms with Crippen molar-refractivity contribution in [2.45, 2.75) is 89.4 Å². The number of hydrogen-bond acceptors (Lipinski definition) is 3. The van der Waals surface area contributed by atoms with Crippen LogP contribution in [-0.4, -0.2) is 16.5 Å². The molecule has 2 atom stereocenters. The van der Waals surface area contributed by atoms with E-state index < -0.39 is 0 Å². The van der Waals surface area contributed by atoms with Gasteiger partial charge in [0.2, 0.25) is 0 Å². The van der Waals surface area contributed by atoms with Crippen LogP contribution in [0.4, 0.5) is 0 Å². The van der Waals surface area contributed by atoms with Gasteiger partial charge in [-0.25, -0.2) is 0 Å². The van der Waals surface area contributed by atoms with Gasteiger partial charge in [0, 0.05) is 28.9 Å². The molecular formula is C23H33NOS. The summed E-state index contributed by atoms with van der Waals surface area (Å²) in [7, 11) is 0. The standard InChI is InChI=1S/C23H33NOS/c1-18(3-5-19(2)26-17-24)4-6-20-7-9-21(10-8-20)11-12-22-13-15-23(25)16-14-22/h18-23,25H,3,5,7-10,13-16H2,1-2H3. The monoisotopic (exact) mass is 371 g/mol. The second kappa shape index (κ2) is 11.6. The molecule has 1 N–H and O–H groups in total. The number of thiocyanates is 1. The van der Waals surface area contributed by atoms with Crippen molar-refractivity contribution in [3.8, 4) is 29.1 Å². The van der Waals surface area contributed by atoms with Crippen molar-refractivity contribution >= 4 is 11.8 Å². The molecule has 0 aliphatic heterocycles. The van der Waals surface area contributed by atoms with Crippen LogP contribution in [0, 0.1) is 58.0 Å². The van der Waals surface area contributed by atoms with Gasteiger partial charge < -0.3 is 5.11 Å². The minimum Gasteiger partial charge on any atom is -0.393 e. The predicted octanol–water partition coefficient (Wildman–Crippen LogP) is 5.37. The highest BCUT2D eigenvalue weighted by atomic mass is 32.2. The van der Waals surface area contributed by atoms with Crippen LogP contribution in [0.2, 0.25) is 0 Å². The van der Waals surface area contributed by atoms with Gasteiger partial charge in [-0.15, -0.1) is 0 Å². The smallest absolute Gasteiger partial charge is 0.133 e. The van der Waals surface area contributed by atoms with Crippen LogP contribution >= 0.6 is 11.8 Å². The van der Waals surface area contributed by atoms with E-state index in [0.717, 1.165) is 38.5 Å². The average Bonchev–Trinajstić information content (AvgIpc) is 2.65. The van der Waals surface area contributed by atoms with Crippen LogP contribution < -0.4 is 0 Å². The first-order chi connectivity index (χ1) is 12.6. The largest absolute Gasteiger partial charge is 0.393 e. The molecule has 0 amide bonds. The third-order valence-electron chi connectivity index (χ3n) is 5.71. The lowest BCUT2D eigenvalue weighted by molar-refractivity contribution is 0.119. The second-order valence-corrected chi connectivity index (χ2v) is 9.35. The molecule has 0 heterocycles. The van der Waals surface area contributed by atoms with Crippen molar-refractivity contribution in [2.75, 3.05) is 0 Å². The van der Waals surface area contributed by atoms with Crippen molar-refractivity contribution in [2.24, 2.45) is 23.7 Å². The Morgan fingerprint density at radius 1 is 0.846 bits per heavy atom. The number of aliphatic hydroxyl groups excluding tert-OH is 1. The van der Waals surface area contributed by atoms with E-state index in [4.69, 9.17) is 5.26 Å². The van der Waals surface area contributed by atoms with Crippen molar-refractivity contribution < 1.29 is 5.11 Å². The maximum absolute atomic E-state index is 9.57. The number of hydrogen-bond donors (Lipinski definition) is 1. The van der Waals surface area contributed by atoms with Crippen molar-refractivity contribution in [3.63, 3.8) is 0 Å². The fraction of sp³-hybridized carbons (Fsp3) is 0.783. The molecule has 0 radical (unpaired) electrons. The van der Waals surface area contributed by atoms with E-state index in [2.05, 4.69) is 42.9 Å². The lowest BCUT2D eigenvalue weighted by Gasteiger charge is -2.23. The van der Waals surface area contributed by atoms with Crippen LogP contribution in [0.5, 0.6) is 0 Å². The van der Waals surface area contributed by atoms with Gasteiger partial charge in [-0.2, -0.15) is 5.26 Å². The second-order valence-electron chi connectivity index (χ2n) is 8.13. The first-order valence-electron chi connectivity index (χ1n) is 10.3. The maximum Gasteiger partial charge on any atom is 0.133 e. The molecule has 2 fully saturated rings. The zero-order valence-corrected chi connectivity index (χ0v) is 17.2. The summed E-state index contributed by atoms with van der Waals surface area (Å²) in [5, 5.41) is 20.8. The van der Waals surface area contributed by atoms with Crippen LogP contribution in [0.25, 0.3) is 0 Å². The molecule has 0 bridgehead atoms. The first-order valence-corrected chi connectivity index (χ1v) is 11.2. The minimum absolute atomic E-state index is 0.0854. The van der Waals surface area contributed by atoms with Gasteiger partial charge in [-0.05, 0) is 76.0 Å². The maximum atomic E-state index is 9.57. The average molecular weight is 372 g/mol. The Balaban J connectivity index is 1.66. The summed E-state index contributed by atoms with van der Waals surface area (Å²) < 4.78 is 0. The van der Waals surface area contributed by atoms with Crippen molar-refractivity contribution in [1.82, 2.24) is 0 Å². The number of rotatable bonds is 4. The molecule has 0 saturated heterocycles. The molecular weight excluding hydrogens is 338 g/mol. The Morgan fingerprint density at radius 3 is 1.88 bits per heavy atom. The molecule has 142 valence electrons. The molecule has 2 aliphatic carbocycles. The molecule has 0 spiro atoms. The first kappa shape index (κ1) is 21.2. The molecule has 26 heavy (non-hydrogen) atoms. The summed E-state index contributed by atoms with van der Waals surface area (Å²) >= 11 is 1.37. The highest BCUT2D eigenvalue weighted by molar-refractivity contribution is 8.04. The van der Waals surface area contributed by atoms with Gasteiger partial charge >= 0.3 is 0 Å². The highest BCUT2D eigenvalue weighted by Gasteiger charge is 2.20. The summed E-state index contributed by atoms with van der Waals surface area (Å²) in [4.78, 5) is 0. The Labute approximate surface area is 164 Å². The van der Waals surface area contributed by atoms with Crippen LogP contribution in [0.3, 0.4) is 0 Å². The summed E-state index contributed by atoms with van der Waals surface area (Å²) in [5.41, 5.74) is 0. The molecule has 2 saturated carbocycles. The van der Waals surface area contributed by atoms with E-state index in [1.165, 1.54) is 37.4 Å². The van der Waals surface area contributed by atoms with Gasteiger partial charge in [0.25, 0.3) is 0 Å². The SMILES string of the molecule is CC(C#CC1CCC(C#CC2CCC(O)CC2)CC1)CCC(C)SC#N. The molecule has 3 heteroatoms. The lowest BCUT2D eigenvalue weighted by atomic mass is 9.81. The summed E-state index contributed by atoms with van der Waals surface area (Å²) in [6.45, 7) is 4.32. The molecule has 2 rings (SSSR count). The van der Waals surface area contributed by atoms with Gasteiger partial charge in [0.1, 0.15) is 5.40 Å². The third-order valence-corrected chi connectivity index (χ3v) is 6.45. The number of nitriles is 1. The fourth-order valence-electron chi connectivity index (χ4n) is 3.80. The molecule has 0 aromatic heterocycles. The molecule has 0 aromatic carbocycles. The van der Waals surface area contributed by atoms with Gasteiger partial charge in [0.15, 0.2) is 0 Å². The Bertz CT molecular complexity index is 571. The molecule has 0 aromatic rings. The quantitative estimate of drug-likeness (QED) is 0.534. The van der Waals surface area contributed by atoms with E-state index in [-0.39, 0.29) is 6.10 Å². The van der Waals surface area contributed by atoms with Crippen molar-refractivity contribution in [3.05, 3.63) is 0 Å². The normalized spacial score (nSPS) is 30.7. The molecule has 2 aliphatic rings. The number of nitrogens with zero attached hydrogens (tertiary/aromatic N) is 1. The van der Waals surface area contributed by atoms with E-state index in [1.54, 1.807) is 0 Å². The molecule has 2 nitrogen and oxygen atoms in total. The van der Waals surface area contributed by atoms with E-state index in [9.17, 15) is 5.11 Å². The minimum atomic E-state index is -0.0854. The Morgan fingerprint density at radius 2 is 1.35 bits per heavy atom. The van der Waals surface area contributed by atoms with E-state index in [1.807, 2.05) is 0 Å². The third kappa shape index (κ3) is 8.08. The van der Waals surface area contributed by atoms with Crippen molar-refractivity contribution in [1.29, 1.82) is 5.26 Å². The van der Waals surface area contributed by atoms with Crippen LogP contribution in [-0.2, 0) is 0 Å². The zero-order valence-electron chi connectivity index (χ0n) is 16.3. The Hall–Kier alpha value is -1.08. The predicted molar refractivity (Wildman–Crippen MR) is 110 cm³/mol. The zero-order chi connectivity index (χ0) is 18.8. The van der Waals surface area contributed by atoms with Crippen LogP contribution in [0.15, 0.2) is 0 Å².